The van der Waals surface area contributed by atoms with Crippen LogP contribution in [0.25, 0.3) is 0 Å². The van der Waals surface area contributed by atoms with Gasteiger partial charge in [0.15, 0.2) is 11.5 Å². The molecule has 0 N–H and O–H groups in total. The minimum atomic E-state index is -0.266. The van der Waals surface area contributed by atoms with Gasteiger partial charge >= 0.3 is 5.97 Å². The van der Waals surface area contributed by atoms with Gasteiger partial charge in [0.2, 0.25) is 6.79 Å². The van der Waals surface area contributed by atoms with Gasteiger partial charge in [-0.25, -0.2) is 4.79 Å². The normalized spacial score (nSPS) is 24.1. The summed E-state index contributed by atoms with van der Waals surface area (Å²) in [6, 6.07) is 5.19. The van der Waals surface area contributed by atoms with Crippen LogP contribution >= 0.6 is 0 Å². The summed E-state index contributed by atoms with van der Waals surface area (Å²) in [5.41, 5.74) is 0.869. The second-order valence-corrected chi connectivity index (χ2v) is 7.31. The Hall–Kier alpha value is -1.71. The van der Waals surface area contributed by atoms with Crippen molar-refractivity contribution >= 4 is 5.97 Å². The lowest BCUT2D eigenvalue weighted by atomic mass is 9.72. The molecule has 4 heteroatoms. The fourth-order valence-corrected chi connectivity index (χ4v) is 3.29. The van der Waals surface area contributed by atoms with Gasteiger partial charge in [0.1, 0.15) is 6.10 Å². The SMILES string of the molecule is CC(C)(C)C1CCC(OC(=O)c2ccc3c(c2)OCO3)CC1. The molecule has 1 aromatic rings. The van der Waals surface area contributed by atoms with Gasteiger partial charge in [-0.2, -0.15) is 0 Å². The highest BCUT2D eigenvalue weighted by molar-refractivity contribution is 5.90. The average Bonchev–Trinajstić information content (AvgIpc) is 2.94. The Morgan fingerprint density at radius 3 is 2.45 bits per heavy atom. The van der Waals surface area contributed by atoms with Crippen LogP contribution in [0.15, 0.2) is 18.2 Å². The van der Waals surface area contributed by atoms with E-state index in [2.05, 4.69) is 20.8 Å². The lowest BCUT2D eigenvalue weighted by molar-refractivity contribution is 0.00926. The second-order valence-electron chi connectivity index (χ2n) is 7.31. The summed E-state index contributed by atoms with van der Waals surface area (Å²) in [7, 11) is 0. The molecule has 0 bridgehead atoms. The molecule has 0 aromatic heterocycles. The van der Waals surface area contributed by atoms with E-state index >= 15 is 0 Å². The number of hydrogen-bond donors (Lipinski definition) is 0. The van der Waals surface area contributed by atoms with Crippen molar-refractivity contribution in [3.63, 3.8) is 0 Å². The predicted octanol–water partition coefficient (Wildman–Crippen LogP) is 4.18. The van der Waals surface area contributed by atoms with Crippen molar-refractivity contribution in [2.75, 3.05) is 6.79 Å². The summed E-state index contributed by atoms with van der Waals surface area (Å²) in [5, 5.41) is 0. The first kappa shape index (κ1) is 15.2. The highest BCUT2D eigenvalue weighted by Crippen LogP contribution is 2.39. The van der Waals surface area contributed by atoms with Gasteiger partial charge in [-0.15, -0.1) is 0 Å². The summed E-state index contributed by atoms with van der Waals surface area (Å²) in [6.45, 7) is 7.08. The third-order valence-electron chi connectivity index (χ3n) is 4.78. The quantitative estimate of drug-likeness (QED) is 0.769. The van der Waals surface area contributed by atoms with Crippen LogP contribution in [-0.2, 0) is 4.74 Å². The molecule has 22 heavy (non-hydrogen) atoms. The molecule has 120 valence electrons. The Morgan fingerprint density at radius 1 is 1.09 bits per heavy atom. The van der Waals surface area contributed by atoms with Crippen molar-refractivity contribution in [1.29, 1.82) is 0 Å². The molecule has 0 saturated heterocycles. The monoisotopic (exact) mass is 304 g/mol. The molecule has 3 rings (SSSR count). The number of ether oxygens (including phenoxy) is 3. The Labute approximate surface area is 131 Å². The van der Waals surface area contributed by atoms with Crippen LogP contribution in [0.1, 0.15) is 56.8 Å². The number of rotatable bonds is 2. The first-order valence-electron chi connectivity index (χ1n) is 8.04. The van der Waals surface area contributed by atoms with Crippen LogP contribution in [0, 0.1) is 11.3 Å². The lowest BCUT2D eigenvalue weighted by Crippen LogP contribution is -2.30. The van der Waals surface area contributed by atoms with Crippen LogP contribution in [0.2, 0.25) is 0 Å². The Morgan fingerprint density at radius 2 is 1.77 bits per heavy atom. The third kappa shape index (κ3) is 3.21. The molecule has 1 aliphatic carbocycles. The first-order chi connectivity index (χ1) is 10.4. The van der Waals surface area contributed by atoms with E-state index in [1.807, 2.05) is 0 Å². The molecule has 2 aliphatic rings. The minimum Gasteiger partial charge on any atom is -0.459 e. The molecule has 1 heterocycles. The van der Waals surface area contributed by atoms with Crippen LogP contribution < -0.4 is 9.47 Å². The van der Waals surface area contributed by atoms with Crippen molar-refractivity contribution in [2.24, 2.45) is 11.3 Å². The topological polar surface area (TPSA) is 44.8 Å². The molecule has 0 spiro atoms. The van der Waals surface area contributed by atoms with Crippen molar-refractivity contribution in [3.05, 3.63) is 23.8 Å². The van der Waals surface area contributed by atoms with Gasteiger partial charge in [0.05, 0.1) is 5.56 Å². The molecule has 1 fully saturated rings. The summed E-state index contributed by atoms with van der Waals surface area (Å²) in [4.78, 5) is 12.3. The van der Waals surface area contributed by atoms with Crippen molar-refractivity contribution in [1.82, 2.24) is 0 Å². The zero-order valence-corrected chi connectivity index (χ0v) is 13.6. The van der Waals surface area contributed by atoms with Gasteiger partial charge in [-0.3, -0.25) is 0 Å². The highest BCUT2D eigenvalue weighted by Gasteiger charge is 2.31. The summed E-state index contributed by atoms with van der Waals surface area (Å²) in [5.74, 6) is 1.75. The number of hydrogen-bond acceptors (Lipinski definition) is 4. The minimum absolute atomic E-state index is 0.0384. The highest BCUT2D eigenvalue weighted by atomic mass is 16.7. The third-order valence-corrected chi connectivity index (χ3v) is 4.78. The standard InChI is InChI=1S/C18H24O4/c1-18(2,3)13-5-7-14(8-6-13)22-17(19)12-4-9-15-16(10-12)21-11-20-15/h4,9-10,13-14H,5-8,11H2,1-3H3. The smallest absolute Gasteiger partial charge is 0.338 e. The molecule has 0 amide bonds. The molecule has 1 saturated carbocycles. The maximum Gasteiger partial charge on any atom is 0.338 e. The molecular weight excluding hydrogens is 280 g/mol. The van der Waals surface area contributed by atoms with Crippen LogP contribution in [-0.4, -0.2) is 18.9 Å². The zero-order valence-electron chi connectivity index (χ0n) is 13.6. The first-order valence-corrected chi connectivity index (χ1v) is 8.04. The van der Waals surface area contributed by atoms with Crippen LogP contribution in [0.5, 0.6) is 11.5 Å². The van der Waals surface area contributed by atoms with E-state index in [0.717, 1.165) is 25.7 Å². The Kier molecular flexibility index (Phi) is 4.02. The van der Waals surface area contributed by atoms with E-state index in [1.165, 1.54) is 0 Å². The Balaban J connectivity index is 1.57. The molecule has 4 nitrogen and oxygen atoms in total. The molecule has 1 aromatic carbocycles. The van der Waals surface area contributed by atoms with Crippen LogP contribution in [0.3, 0.4) is 0 Å². The maximum atomic E-state index is 12.3. The van der Waals surface area contributed by atoms with Gasteiger partial charge in [-0.05, 0) is 55.2 Å². The van der Waals surface area contributed by atoms with E-state index in [1.54, 1.807) is 18.2 Å². The van der Waals surface area contributed by atoms with Crippen molar-refractivity contribution < 1.29 is 19.0 Å². The lowest BCUT2D eigenvalue weighted by Gasteiger charge is -2.36. The van der Waals surface area contributed by atoms with Crippen molar-refractivity contribution in [3.8, 4) is 11.5 Å². The Bertz CT molecular complexity index is 551. The van der Waals surface area contributed by atoms with Crippen molar-refractivity contribution in [2.45, 2.75) is 52.6 Å². The maximum absolute atomic E-state index is 12.3. The number of carbonyl (C=O) groups is 1. The van der Waals surface area contributed by atoms with Gasteiger partial charge < -0.3 is 14.2 Å². The van der Waals surface area contributed by atoms with E-state index in [4.69, 9.17) is 14.2 Å². The largest absolute Gasteiger partial charge is 0.459 e. The van der Waals surface area contributed by atoms with E-state index in [9.17, 15) is 4.79 Å². The van der Waals surface area contributed by atoms with E-state index in [0.29, 0.717) is 28.4 Å². The average molecular weight is 304 g/mol. The van der Waals surface area contributed by atoms with Gasteiger partial charge in [0, 0.05) is 0 Å². The summed E-state index contributed by atoms with van der Waals surface area (Å²) < 4.78 is 16.2. The summed E-state index contributed by atoms with van der Waals surface area (Å²) >= 11 is 0. The number of fused-ring (bicyclic) bond motifs is 1. The van der Waals surface area contributed by atoms with E-state index in [-0.39, 0.29) is 18.9 Å². The second kappa shape index (κ2) is 5.82. The number of carbonyl (C=O) groups excluding carboxylic acids is 1. The number of esters is 1. The molecule has 0 radical (unpaired) electrons. The molecular formula is C18H24O4. The fourth-order valence-electron chi connectivity index (χ4n) is 3.29. The molecule has 1 aliphatic heterocycles. The molecule has 0 unspecified atom stereocenters. The summed E-state index contributed by atoms with van der Waals surface area (Å²) in [6.07, 6.45) is 4.21. The van der Waals surface area contributed by atoms with Gasteiger partial charge in [0.25, 0.3) is 0 Å². The predicted molar refractivity (Wildman–Crippen MR) is 83.2 cm³/mol. The number of benzene rings is 1. The fraction of sp³-hybridized carbons (Fsp3) is 0.611. The van der Waals surface area contributed by atoms with Gasteiger partial charge in [-0.1, -0.05) is 20.8 Å². The zero-order chi connectivity index (χ0) is 15.7. The van der Waals surface area contributed by atoms with Crippen LogP contribution in [0.4, 0.5) is 0 Å². The molecule has 0 atom stereocenters. The van der Waals surface area contributed by atoms with E-state index < -0.39 is 0 Å².